The predicted octanol–water partition coefficient (Wildman–Crippen LogP) is 5.96. The van der Waals surface area contributed by atoms with Gasteiger partial charge < -0.3 is 4.74 Å². The standard InChI is InChI=1S/C21H28O/c1-20(2,3)16-13-17(21(4,5)6)19(18(14-16)22-7)15-11-9-8-10-12-15/h8-14H,1-7H3. The van der Waals surface area contributed by atoms with E-state index in [0.717, 1.165) is 5.75 Å². The van der Waals surface area contributed by atoms with Crippen LogP contribution in [-0.2, 0) is 10.8 Å². The van der Waals surface area contributed by atoms with Crippen LogP contribution in [0.25, 0.3) is 11.1 Å². The van der Waals surface area contributed by atoms with Crippen molar-refractivity contribution in [2.75, 3.05) is 7.11 Å². The molecule has 2 aromatic rings. The minimum Gasteiger partial charge on any atom is -0.496 e. The largest absolute Gasteiger partial charge is 0.496 e. The molecule has 0 heterocycles. The second-order valence-electron chi connectivity index (χ2n) is 7.97. The van der Waals surface area contributed by atoms with Crippen LogP contribution in [0.2, 0.25) is 0 Å². The number of rotatable bonds is 2. The van der Waals surface area contributed by atoms with Crippen molar-refractivity contribution < 1.29 is 4.74 Å². The van der Waals surface area contributed by atoms with Gasteiger partial charge in [-0.2, -0.15) is 0 Å². The zero-order valence-corrected chi connectivity index (χ0v) is 14.9. The summed E-state index contributed by atoms with van der Waals surface area (Å²) in [4.78, 5) is 0. The van der Waals surface area contributed by atoms with E-state index in [4.69, 9.17) is 4.74 Å². The Kier molecular flexibility index (Phi) is 4.37. The van der Waals surface area contributed by atoms with E-state index in [1.807, 2.05) is 0 Å². The predicted molar refractivity (Wildman–Crippen MR) is 95.8 cm³/mol. The molecule has 0 aliphatic rings. The fourth-order valence-corrected chi connectivity index (χ4v) is 2.70. The molecule has 0 atom stereocenters. The molecule has 22 heavy (non-hydrogen) atoms. The second kappa shape index (κ2) is 5.79. The Morgan fingerprint density at radius 2 is 1.36 bits per heavy atom. The van der Waals surface area contributed by atoms with Crippen LogP contribution in [0.3, 0.4) is 0 Å². The van der Waals surface area contributed by atoms with Crippen LogP contribution in [0.15, 0.2) is 42.5 Å². The first kappa shape index (κ1) is 16.6. The first-order chi connectivity index (χ1) is 10.1. The van der Waals surface area contributed by atoms with E-state index in [-0.39, 0.29) is 10.8 Å². The lowest BCUT2D eigenvalue weighted by Crippen LogP contribution is -2.18. The zero-order valence-electron chi connectivity index (χ0n) is 14.9. The first-order valence-electron chi connectivity index (χ1n) is 7.93. The molecular formula is C21H28O. The van der Waals surface area contributed by atoms with E-state index in [2.05, 4.69) is 84.0 Å². The van der Waals surface area contributed by atoms with Crippen LogP contribution in [0, 0.1) is 0 Å². The minimum absolute atomic E-state index is 0.0553. The van der Waals surface area contributed by atoms with Crippen LogP contribution >= 0.6 is 0 Å². The first-order valence-corrected chi connectivity index (χ1v) is 7.93. The minimum atomic E-state index is 0.0553. The molecule has 0 aliphatic heterocycles. The highest BCUT2D eigenvalue weighted by Crippen LogP contribution is 2.42. The van der Waals surface area contributed by atoms with Gasteiger partial charge in [0.15, 0.2) is 0 Å². The van der Waals surface area contributed by atoms with E-state index >= 15 is 0 Å². The summed E-state index contributed by atoms with van der Waals surface area (Å²) in [5, 5.41) is 0. The van der Waals surface area contributed by atoms with Gasteiger partial charge in [-0.1, -0.05) is 77.9 Å². The van der Waals surface area contributed by atoms with Crippen molar-refractivity contribution in [3.8, 4) is 16.9 Å². The Morgan fingerprint density at radius 3 is 1.82 bits per heavy atom. The normalized spacial score (nSPS) is 12.3. The fourth-order valence-electron chi connectivity index (χ4n) is 2.70. The molecule has 2 aromatic carbocycles. The molecule has 0 fully saturated rings. The molecule has 0 saturated heterocycles. The molecule has 0 aromatic heterocycles. The van der Waals surface area contributed by atoms with Gasteiger partial charge in [-0.05, 0) is 33.6 Å². The van der Waals surface area contributed by atoms with E-state index in [1.165, 1.54) is 22.3 Å². The van der Waals surface area contributed by atoms with Gasteiger partial charge in [-0.25, -0.2) is 0 Å². The van der Waals surface area contributed by atoms with Gasteiger partial charge in [0, 0.05) is 5.56 Å². The Labute approximate surface area is 135 Å². The molecule has 0 radical (unpaired) electrons. The summed E-state index contributed by atoms with van der Waals surface area (Å²) in [6.07, 6.45) is 0. The molecule has 0 aliphatic carbocycles. The molecule has 118 valence electrons. The second-order valence-corrected chi connectivity index (χ2v) is 7.97. The topological polar surface area (TPSA) is 9.23 Å². The summed E-state index contributed by atoms with van der Waals surface area (Å²) < 4.78 is 5.77. The molecule has 0 unspecified atom stereocenters. The molecule has 0 saturated carbocycles. The highest BCUT2D eigenvalue weighted by atomic mass is 16.5. The average molecular weight is 296 g/mol. The summed E-state index contributed by atoms with van der Waals surface area (Å²) >= 11 is 0. The maximum Gasteiger partial charge on any atom is 0.127 e. The third-order valence-corrected chi connectivity index (χ3v) is 4.06. The van der Waals surface area contributed by atoms with Gasteiger partial charge in [0.25, 0.3) is 0 Å². The average Bonchev–Trinajstić information content (AvgIpc) is 2.44. The van der Waals surface area contributed by atoms with Crippen molar-refractivity contribution in [1.29, 1.82) is 0 Å². The van der Waals surface area contributed by atoms with Gasteiger partial charge in [0.1, 0.15) is 5.75 Å². The smallest absolute Gasteiger partial charge is 0.127 e. The molecule has 1 heteroatoms. The van der Waals surface area contributed by atoms with E-state index in [9.17, 15) is 0 Å². The monoisotopic (exact) mass is 296 g/mol. The van der Waals surface area contributed by atoms with Gasteiger partial charge in [0.2, 0.25) is 0 Å². The summed E-state index contributed by atoms with van der Waals surface area (Å²) in [5.41, 5.74) is 5.23. The molecule has 0 amide bonds. The Bertz CT molecular complexity index is 640. The Hall–Kier alpha value is -1.76. The lowest BCUT2D eigenvalue weighted by Gasteiger charge is -2.29. The Balaban J connectivity index is 2.81. The summed E-state index contributed by atoms with van der Waals surface area (Å²) in [5.74, 6) is 0.962. The number of hydrogen-bond donors (Lipinski definition) is 0. The highest BCUT2D eigenvalue weighted by molar-refractivity contribution is 5.76. The van der Waals surface area contributed by atoms with Crippen molar-refractivity contribution >= 4 is 0 Å². The van der Waals surface area contributed by atoms with E-state index in [0.29, 0.717) is 0 Å². The lowest BCUT2D eigenvalue weighted by molar-refractivity contribution is 0.412. The van der Waals surface area contributed by atoms with Crippen molar-refractivity contribution in [2.24, 2.45) is 0 Å². The number of methoxy groups -OCH3 is 1. The number of ether oxygens (including phenoxy) is 1. The number of benzene rings is 2. The molecule has 0 bridgehead atoms. The fraction of sp³-hybridized carbons (Fsp3) is 0.429. The molecule has 0 N–H and O–H groups in total. The molecule has 1 nitrogen and oxygen atoms in total. The van der Waals surface area contributed by atoms with Gasteiger partial charge in [-0.15, -0.1) is 0 Å². The van der Waals surface area contributed by atoms with Crippen molar-refractivity contribution in [3.05, 3.63) is 53.6 Å². The van der Waals surface area contributed by atoms with Gasteiger partial charge in [0.05, 0.1) is 7.11 Å². The highest BCUT2D eigenvalue weighted by Gasteiger charge is 2.26. The van der Waals surface area contributed by atoms with Crippen LogP contribution in [0.5, 0.6) is 5.75 Å². The van der Waals surface area contributed by atoms with Gasteiger partial charge in [-0.3, -0.25) is 0 Å². The number of hydrogen-bond acceptors (Lipinski definition) is 1. The summed E-state index contributed by atoms with van der Waals surface area (Å²) in [6.45, 7) is 13.5. The lowest BCUT2D eigenvalue weighted by atomic mass is 9.77. The van der Waals surface area contributed by atoms with Gasteiger partial charge >= 0.3 is 0 Å². The maximum absolute atomic E-state index is 5.77. The van der Waals surface area contributed by atoms with Crippen molar-refractivity contribution in [3.63, 3.8) is 0 Å². The zero-order chi connectivity index (χ0) is 16.5. The molecule has 2 rings (SSSR count). The molecule has 0 spiro atoms. The maximum atomic E-state index is 5.77. The van der Waals surface area contributed by atoms with Crippen LogP contribution in [-0.4, -0.2) is 7.11 Å². The molecular weight excluding hydrogens is 268 g/mol. The SMILES string of the molecule is COc1cc(C(C)(C)C)cc(C(C)(C)C)c1-c1ccccc1. The Morgan fingerprint density at radius 1 is 0.773 bits per heavy atom. The van der Waals surface area contributed by atoms with Crippen molar-refractivity contribution in [2.45, 2.75) is 52.4 Å². The summed E-state index contributed by atoms with van der Waals surface area (Å²) in [6, 6.07) is 15.1. The third kappa shape index (κ3) is 3.35. The van der Waals surface area contributed by atoms with E-state index < -0.39 is 0 Å². The van der Waals surface area contributed by atoms with Crippen LogP contribution < -0.4 is 4.74 Å². The van der Waals surface area contributed by atoms with Crippen LogP contribution in [0.1, 0.15) is 52.7 Å². The summed E-state index contributed by atoms with van der Waals surface area (Å²) in [7, 11) is 1.76. The van der Waals surface area contributed by atoms with Crippen LogP contribution in [0.4, 0.5) is 0 Å². The van der Waals surface area contributed by atoms with E-state index in [1.54, 1.807) is 7.11 Å². The quantitative estimate of drug-likeness (QED) is 0.664. The van der Waals surface area contributed by atoms with Crippen molar-refractivity contribution in [1.82, 2.24) is 0 Å². The third-order valence-electron chi connectivity index (χ3n) is 4.06.